The fourth-order valence-corrected chi connectivity index (χ4v) is 1.88. The third kappa shape index (κ3) is 4.38. The van der Waals surface area contributed by atoms with Crippen molar-refractivity contribution >= 4 is 17.3 Å². The lowest BCUT2D eigenvalue weighted by molar-refractivity contribution is 0.439. The van der Waals surface area contributed by atoms with E-state index in [1.807, 2.05) is 19.0 Å². The van der Waals surface area contributed by atoms with E-state index in [4.69, 9.17) is 11.6 Å². The molecular formula is C12H20ClN3O. The van der Waals surface area contributed by atoms with Gasteiger partial charge >= 0.3 is 0 Å². The van der Waals surface area contributed by atoms with E-state index in [9.17, 15) is 4.79 Å². The monoisotopic (exact) mass is 257 g/mol. The average molecular weight is 258 g/mol. The molecule has 5 heteroatoms. The number of aromatic nitrogens is 2. The summed E-state index contributed by atoms with van der Waals surface area (Å²) in [5, 5.41) is 4.16. The molecule has 0 fully saturated rings. The molecule has 0 saturated carbocycles. The predicted octanol–water partition coefficient (Wildman–Crippen LogP) is 1.96. The van der Waals surface area contributed by atoms with Gasteiger partial charge in [-0.2, -0.15) is 5.10 Å². The lowest BCUT2D eigenvalue weighted by Gasteiger charge is -2.13. The molecule has 0 aliphatic carbocycles. The van der Waals surface area contributed by atoms with Gasteiger partial charge in [0.25, 0.3) is 5.56 Å². The molecule has 0 N–H and O–H groups in total. The van der Waals surface area contributed by atoms with E-state index < -0.39 is 0 Å². The molecule has 0 aliphatic rings. The van der Waals surface area contributed by atoms with Gasteiger partial charge in [-0.3, -0.25) is 4.79 Å². The Morgan fingerprint density at radius 3 is 2.71 bits per heavy atom. The Kier molecular flexibility index (Phi) is 5.48. The van der Waals surface area contributed by atoms with Crippen LogP contribution in [0.3, 0.4) is 0 Å². The van der Waals surface area contributed by atoms with Crippen molar-refractivity contribution in [2.45, 2.75) is 26.3 Å². The first-order valence-corrected chi connectivity index (χ1v) is 6.38. The molecule has 0 saturated heterocycles. The highest BCUT2D eigenvalue weighted by Crippen LogP contribution is 2.09. The molecule has 1 aromatic heterocycles. The average Bonchev–Trinajstić information content (AvgIpc) is 2.27. The highest BCUT2D eigenvalue weighted by Gasteiger charge is 2.05. The van der Waals surface area contributed by atoms with Crippen LogP contribution in [0, 0.1) is 5.92 Å². The standard InChI is InChI=1S/C12H20ClN3O/c1-10(4-6-13)5-7-16-12(17)8-11(9-14-16)15(2)3/h8-10H,4-7H2,1-3H3. The number of anilines is 1. The quantitative estimate of drug-likeness (QED) is 0.732. The maximum absolute atomic E-state index is 11.8. The summed E-state index contributed by atoms with van der Waals surface area (Å²) in [6.07, 6.45) is 3.63. The van der Waals surface area contributed by atoms with Gasteiger partial charge in [0.2, 0.25) is 0 Å². The molecule has 96 valence electrons. The minimum atomic E-state index is -0.0470. The summed E-state index contributed by atoms with van der Waals surface area (Å²) in [4.78, 5) is 13.6. The van der Waals surface area contributed by atoms with E-state index in [2.05, 4.69) is 12.0 Å². The Hall–Kier alpha value is -1.03. The SMILES string of the molecule is CC(CCCl)CCn1ncc(N(C)C)cc1=O. The second kappa shape index (κ2) is 6.64. The van der Waals surface area contributed by atoms with Gasteiger partial charge in [-0.25, -0.2) is 4.68 Å². The van der Waals surface area contributed by atoms with Crippen LogP contribution < -0.4 is 10.5 Å². The van der Waals surface area contributed by atoms with Crippen molar-refractivity contribution in [1.82, 2.24) is 9.78 Å². The maximum Gasteiger partial charge on any atom is 0.268 e. The summed E-state index contributed by atoms with van der Waals surface area (Å²) in [5.74, 6) is 1.19. The van der Waals surface area contributed by atoms with Crippen LogP contribution in [0.25, 0.3) is 0 Å². The first-order chi connectivity index (χ1) is 8.04. The molecule has 1 unspecified atom stereocenters. The van der Waals surface area contributed by atoms with E-state index in [1.54, 1.807) is 12.3 Å². The first kappa shape index (κ1) is 14.0. The van der Waals surface area contributed by atoms with Crippen LogP contribution in [0.4, 0.5) is 5.69 Å². The second-order valence-electron chi connectivity index (χ2n) is 4.54. The fourth-order valence-electron chi connectivity index (χ4n) is 1.51. The number of halogens is 1. The molecule has 1 heterocycles. The van der Waals surface area contributed by atoms with Crippen LogP contribution >= 0.6 is 11.6 Å². The van der Waals surface area contributed by atoms with Gasteiger partial charge in [-0.1, -0.05) is 6.92 Å². The van der Waals surface area contributed by atoms with Gasteiger partial charge in [0.1, 0.15) is 0 Å². The normalized spacial score (nSPS) is 12.5. The summed E-state index contributed by atoms with van der Waals surface area (Å²) in [5.41, 5.74) is 0.786. The molecule has 1 aromatic rings. The Bertz CT molecular complexity index is 403. The van der Waals surface area contributed by atoms with Gasteiger partial charge in [0, 0.05) is 32.6 Å². The van der Waals surface area contributed by atoms with Crippen molar-refractivity contribution in [3.8, 4) is 0 Å². The van der Waals surface area contributed by atoms with Crippen molar-refractivity contribution in [1.29, 1.82) is 0 Å². The predicted molar refractivity (Wildman–Crippen MR) is 71.9 cm³/mol. The zero-order chi connectivity index (χ0) is 12.8. The lowest BCUT2D eigenvalue weighted by atomic mass is 10.1. The van der Waals surface area contributed by atoms with Crippen molar-refractivity contribution in [2.75, 3.05) is 24.9 Å². The summed E-state index contributed by atoms with van der Waals surface area (Å²) in [6.45, 7) is 2.80. The molecule has 0 radical (unpaired) electrons. The molecule has 0 spiro atoms. The first-order valence-electron chi connectivity index (χ1n) is 5.85. The highest BCUT2D eigenvalue weighted by molar-refractivity contribution is 6.17. The zero-order valence-electron chi connectivity index (χ0n) is 10.7. The summed E-state index contributed by atoms with van der Waals surface area (Å²) >= 11 is 5.68. The number of hydrogen-bond acceptors (Lipinski definition) is 3. The van der Waals surface area contributed by atoms with Crippen LogP contribution in [0.5, 0.6) is 0 Å². The molecule has 0 bridgehead atoms. The van der Waals surface area contributed by atoms with E-state index in [0.717, 1.165) is 18.5 Å². The van der Waals surface area contributed by atoms with Gasteiger partial charge in [-0.15, -0.1) is 11.6 Å². The van der Waals surface area contributed by atoms with E-state index in [-0.39, 0.29) is 5.56 Å². The Morgan fingerprint density at radius 2 is 2.18 bits per heavy atom. The molecule has 4 nitrogen and oxygen atoms in total. The molecule has 0 amide bonds. The third-order valence-corrected chi connectivity index (χ3v) is 3.03. The number of rotatable bonds is 6. The molecule has 1 atom stereocenters. The van der Waals surface area contributed by atoms with Gasteiger partial charge in [0.05, 0.1) is 11.9 Å². The van der Waals surface area contributed by atoms with Crippen molar-refractivity contribution in [2.24, 2.45) is 5.92 Å². The lowest BCUT2D eigenvalue weighted by Crippen LogP contribution is -2.25. The molecule has 0 aliphatic heterocycles. The van der Waals surface area contributed by atoms with Crippen LogP contribution in [0.2, 0.25) is 0 Å². The van der Waals surface area contributed by atoms with Gasteiger partial charge in [0.15, 0.2) is 0 Å². The Labute approximate surface area is 107 Å². The van der Waals surface area contributed by atoms with Crippen molar-refractivity contribution < 1.29 is 0 Å². The zero-order valence-corrected chi connectivity index (χ0v) is 11.4. The minimum absolute atomic E-state index is 0.0470. The Morgan fingerprint density at radius 1 is 1.47 bits per heavy atom. The summed E-state index contributed by atoms with van der Waals surface area (Å²) in [7, 11) is 3.78. The fraction of sp³-hybridized carbons (Fsp3) is 0.667. The number of nitrogens with zero attached hydrogens (tertiary/aromatic N) is 3. The second-order valence-corrected chi connectivity index (χ2v) is 4.92. The molecular weight excluding hydrogens is 238 g/mol. The number of alkyl halides is 1. The van der Waals surface area contributed by atoms with Gasteiger partial charge in [-0.05, 0) is 18.8 Å². The third-order valence-electron chi connectivity index (χ3n) is 2.81. The highest BCUT2D eigenvalue weighted by atomic mass is 35.5. The summed E-state index contributed by atoms with van der Waals surface area (Å²) < 4.78 is 1.51. The Balaban J connectivity index is 2.64. The van der Waals surface area contributed by atoms with Crippen LogP contribution in [-0.2, 0) is 6.54 Å². The molecule has 0 aromatic carbocycles. The summed E-state index contributed by atoms with van der Waals surface area (Å²) in [6, 6.07) is 1.61. The van der Waals surface area contributed by atoms with E-state index in [0.29, 0.717) is 18.3 Å². The number of aryl methyl sites for hydroxylation is 1. The van der Waals surface area contributed by atoms with Crippen LogP contribution in [0.15, 0.2) is 17.1 Å². The van der Waals surface area contributed by atoms with E-state index >= 15 is 0 Å². The van der Waals surface area contributed by atoms with Crippen LogP contribution in [-0.4, -0.2) is 29.8 Å². The molecule has 17 heavy (non-hydrogen) atoms. The number of hydrogen-bond donors (Lipinski definition) is 0. The largest absolute Gasteiger partial charge is 0.376 e. The van der Waals surface area contributed by atoms with Gasteiger partial charge < -0.3 is 4.90 Å². The minimum Gasteiger partial charge on any atom is -0.376 e. The van der Waals surface area contributed by atoms with Crippen molar-refractivity contribution in [3.63, 3.8) is 0 Å². The van der Waals surface area contributed by atoms with E-state index in [1.165, 1.54) is 4.68 Å². The molecule has 1 rings (SSSR count). The van der Waals surface area contributed by atoms with Crippen LogP contribution in [0.1, 0.15) is 19.8 Å². The maximum atomic E-state index is 11.8. The van der Waals surface area contributed by atoms with Crippen molar-refractivity contribution in [3.05, 3.63) is 22.6 Å². The smallest absolute Gasteiger partial charge is 0.268 e. The topological polar surface area (TPSA) is 38.1 Å².